The van der Waals surface area contributed by atoms with E-state index < -0.39 is 12.1 Å². The third-order valence-electron chi connectivity index (χ3n) is 3.06. The van der Waals surface area contributed by atoms with Crippen molar-refractivity contribution in [2.24, 2.45) is 0 Å². The van der Waals surface area contributed by atoms with Gasteiger partial charge >= 0.3 is 12.1 Å². The number of carbonyl (C=O) groups excluding carboxylic acids is 2. The largest absolute Gasteiger partial charge is 0.463 e. The van der Waals surface area contributed by atoms with Crippen LogP contribution in [-0.4, -0.2) is 42.4 Å². The van der Waals surface area contributed by atoms with E-state index in [4.69, 9.17) is 9.47 Å². The van der Waals surface area contributed by atoms with Crippen LogP contribution in [0.15, 0.2) is 11.3 Å². The Morgan fingerprint density at radius 2 is 1.79 bits per heavy atom. The number of ether oxygens (including phenoxy) is 2. The molecule has 19 heavy (non-hydrogen) atoms. The fourth-order valence-corrected chi connectivity index (χ4v) is 2.30. The van der Waals surface area contributed by atoms with Gasteiger partial charge in [-0.3, -0.25) is 4.90 Å². The molecular weight excluding hydrogens is 248 g/mol. The molecule has 1 heterocycles. The van der Waals surface area contributed by atoms with E-state index in [-0.39, 0.29) is 12.2 Å². The fraction of sp³-hybridized carbons (Fsp3) is 0.692. The number of rotatable bonds is 3. The van der Waals surface area contributed by atoms with Crippen molar-refractivity contribution in [1.82, 2.24) is 10.2 Å². The molecule has 2 atom stereocenters. The average molecular weight is 270 g/mol. The van der Waals surface area contributed by atoms with Gasteiger partial charge in [0.15, 0.2) is 0 Å². The van der Waals surface area contributed by atoms with Crippen molar-refractivity contribution in [3.8, 4) is 0 Å². The van der Waals surface area contributed by atoms with Gasteiger partial charge in [0.05, 0.1) is 24.8 Å². The van der Waals surface area contributed by atoms with Gasteiger partial charge in [0.25, 0.3) is 0 Å². The summed E-state index contributed by atoms with van der Waals surface area (Å²) in [6.45, 7) is 9.55. The minimum Gasteiger partial charge on any atom is -0.463 e. The number of hydrogen-bond acceptors (Lipinski definition) is 5. The molecule has 0 fully saturated rings. The number of nitrogens with zero attached hydrogens (tertiary/aromatic N) is 1. The fourth-order valence-electron chi connectivity index (χ4n) is 2.30. The molecule has 1 aliphatic heterocycles. The van der Waals surface area contributed by atoms with Crippen molar-refractivity contribution >= 4 is 12.1 Å². The molecule has 0 saturated heterocycles. The topological polar surface area (TPSA) is 67.9 Å². The maximum atomic E-state index is 12.0. The quantitative estimate of drug-likeness (QED) is 0.789. The first-order chi connectivity index (χ1) is 8.93. The van der Waals surface area contributed by atoms with Gasteiger partial charge in [-0.15, -0.1) is 0 Å². The molecule has 6 nitrogen and oxygen atoms in total. The van der Waals surface area contributed by atoms with Crippen LogP contribution in [0.1, 0.15) is 34.6 Å². The number of hydrogen-bond donors (Lipinski definition) is 1. The van der Waals surface area contributed by atoms with E-state index in [0.29, 0.717) is 18.8 Å². The Morgan fingerprint density at radius 3 is 2.32 bits per heavy atom. The number of amides is 1. The Bertz CT molecular complexity index is 392. The molecule has 6 heteroatoms. The molecule has 0 spiro atoms. The van der Waals surface area contributed by atoms with Gasteiger partial charge in [0.1, 0.15) is 6.17 Å². The van der Waals surface area contributed by atoms with E-state index in [9.17, 15) is 9.59 Å². The minimum absolute atomic E-state index is 0.229. The number of allylic oxidation sites excluding steroid dienone is 1. The third kappa shape index (κ3) is 3.19. The molecule has 0 aromatic heterocycles. The van der Waals surface area contributed by atoms with Crippen LogP contribution in [0.4, 0.5) is 4.79 Å². The zero-order valence-electron chi connectivity index (χ0n) is 12.1. The van der Waals surface area contributed by atoms with Crippen LogP contribution < -0.4 is 5.32 Å². The Morgan fingerprint density at radius 1 is 1.21 bits per heavy atom. The normalized spacial score (nSPS) is 22.9. The molecule has 1 amide bonds. The first-order valence-electron chi connectivity index (χ1n) is 6.53. The van der Waals surface area contributed by atoms with E-state index in [2.05, 4.69) is 5.32 Å². The Hall–Kier alpha value is -1.72. The zero-order chi connectivity index (χ0) is 14.6. The van der Waals surface area contributed by atoms with Gasteiger partial charge < -0.3 is 14.8 Å². The van der Waals surface area contributed by atoms with Crippen LogP contribution in [-0.2, 0) is 14.3 Å². The number of esters is 1. The summed E-state index contributed by atoms with van der Waals surface area (Å²) in [7, 11) is 0. The highest BCUT2D eigenvalue weighted by atomic mass is 16.6. The molecular formula is C13H22N2O4. The highest BCUT2D eigenvalue weighted by molar-refractivity contribution is 5.91. The van der Waals surface area contributed by atoms with Crippen LogP contribution in [0.5, 0.6) is 0 Å². The van der Waals surface area contributed by atoms with Crippen LogP contribution >= 0.6 is 0 Å². The molecule has 0 bridgehead atoms. The first kappa shape index (κ1) is 15.3. The summed E-state index contributed by atoms with van der Waals surface area (Å²) in [4.78, 5) is 25.4. The van der Waals surface area contributed by atoms with Gasteiger partial charge in [-0.25, -0.2) is 9.59 Å². The maximum absolute atomic E-state index is 12.0. The maximum Gasteiger partial charge on any atom is 0.411 e. The van der Waals surface area contributed by atoms with E-state index in [1.165, 1.54) is 4.90 Å². The van der Waals surface area contributed by atoms with Crippen LogP contribution in [0.2, 0.25) is 0 Å². The van der Waals surface area contributed by atoms with E-state index in [1.807, 2.05) is 13.8 Å². The van der Waals surface area contributed by atoms with Gasteiger partial charge in [-0.05, 0) is 34.6 Å². The second-order valence-electron chi connectivity index (χ2n) is 4.36. The second kappa shape index (κ2) is 6.45. The second-order valence-corrected chi connectivity index (χ2v) is 4.36. The van der Waals surface area contributed by atoms with E-state index in [1.54, 1.807) is 20.8 Å². The smallest absolute Gasteiger partial charge is 0.411 e. The van der Waals surface area contributed by atoms with Crippen molar-refractivity contribution in [3.63, 3.8) is 0 Å². The van der Waals surface area contributed by atoms with Crippen LogP contribution in [0.3, 0.4) is 0 Å². The molecule has 1 rings (SSSR count). The lowest BCUT2D eigenvalue weighted by Crippen LogP contribution is -2.56. The molecule has 1 aliphatic rings. The SMILES string of the molecule is CCOC(=O)C1=C(C)NC(C)N(C(=O)OCC)C1C. The summed E-state index contributed by atoms with van der Waals surface area (Å²) in [5.41, 5.74) is 1.20. The molecule has 0 aliphatic carbocycles. The predicted molar refractivity (Wildman–Crippen MR) is 70.3 cm³/mol. The molecule has 0 saturated carbocycles. The summed E-state index contributed by atoms with van der Waals surface area (Å²) in [5, 5.41) is 3.09. The first-order valence-corrected chi connectivity index (χ1v) is 6.53. The zero-order valence-corrected chi connectivity index (χ0v) is 12.1. The van der Waals surface area contributed by atoms with Gasteiger partial charge in [0.2, 0.25) is 0 Å². The lowest BCUT2D eigenvalue weighted by molar-refractivity contribution is -0.139. The summed E-state index contributed by atoms with van der Waals surface area (Å²) < 4.78 is 10.0. The molecule has 108 valence electrons. The summed E-state index contributed by atoms with van der Waals surface area (Å²) in [5.74, 6) is -0.402. The van der Waals surface area contributed by atoms with Gasteiger partial charge in [-0.1, -0.05) is 0 Å². The Balaban J connectivity index is 3.01. The summed E-state index contributed by atoms with van der Waals surface area (Å²) in [6, 6.07) is -0.380. The molecule has 0 aromatic rings. The van der Waals surface area contributed by atoms with Crippen molar-refractivity contribution in [2.75, 3.05) is 13.2 Å². The highest BCUT2D eigenvalue weighted by Crippen LogP contribution is 2.23. The minimum atomic E-state index is -0.440. The number of nitrogens with one attached hydrogen (secondary N) is 1. The van der Waals surface area contributed by atoms with Gasteiger partial charge in [0, 0.05) is 5.70 Å². The summed E-state index contributed by atoms with van der Waals surface area (Å²) in [6.07, 6.45) is -0.670. The predicted octanol–water partition coefficient (Wildman–Crippen LogP) is 1.62. The molecule has 0 radical (unpaired) electrons. The summed E-state index contributed by atoms with van der Waals surface area (Å²) >= 11 is 0. The molecule has 0 aromatic carbocycles. The standard InChI is InChI=1S/C13H22N2O4/c1-6-18-12(16)11-8(3)14-10(5)15(9(11)4)13(17)19-7-2/h9-10,14H,6-7H2,1-5H3. The Labute approximate surface area is 113 Å². The van der Waals surface area contributed by atoms with Crippen molar-refractivity contribution in [3.05, 3.63) is 11.3 Å². The van der Waals surface area contributed by atoms with E-state index in [0.717, 1.165) is 5.70 Å². The lowest BCUT2D eigenvalue weighted by Gasteiger charge is -2.40. The van der Waals surface area contributed by atoms with Crippen molar-refractivity contribution < 1.29 is 19.1 Å². The average Bonchev–Trinajstić information content (AvgIpc) is 2.28. The third-order valence-corrected chi connectivity index (χ3v) is 3.06. The number of carbonyl (C=O) groups is 2. The monoisotopic (exact) mass is 270 g/mol. The lowest BCUT2D eigenvalue weighted by atomic mass is 10.0. The van der Waals surface area contributed by atoms with Crippen molar-refractivity contribution in [2.45, 2.75) is 46.8 Å². The van der Waals surface area contributed by atoms with Crippen molar-refractivity contribution in [1.29, 1.82) is 0 Å². The molecule has 1 N–H and O–H groups in total. The Kier molecular flexibility index (Phi) is 5.20. The van der Waals surface area contributed by atoms with Crippen LogP contribution in [0, 0.1) is 0 Å². The molecule has 2 unspecified atom stereocenters. The van der Waals surface area contributed by atoms with E-state index >= 15 is 0 Å². The highest BCUT2D eigenvalue weighted by Gasteiger charge is 2.37. The van der Waals surface area contributed by atoms with Crippen LogP contribution in [0.25, 0.3) is 0 Å². The van der Waals surface area contributed by atoms with Gasteiger partial charge in [-0.2, -0.15) is 0 Å².